The number of carbonyl (C=O) groups excluding carboxylic acids is 1. The van der Waals surface area contributed by atoms with E-state index in [0.29, 0.717) is 42.6 Å². The van der Waals surface area contributed by atoms with Crippen LogP contribution in [0, 0.1) is 0 Å². The van der Waals surface area contributed by atoms with Gasteiger partial charge in [0.1, 0.15) is 5.82 Å². The van der Waals surface area contributed by atoms with Crippen molar-refractivity contribution in [3.63, 3.8) is 0 Å². The average Bonchev–Trinajstić information content (AvgIpc) is 3.26. The molecule has 3 aromatic heterocycles. The summed E-state index contributed by atoms with van der Waals surface area (Å²) < 4.78 is 33.4. The molecule has 0 spiro atoms. The highest BCUT2D eigenvalue weighted by Gasteiger charge is 2.45. The van der Waals surface area contributed by atoms with Crippen LogP contribution in [0.2, 0.25) is 0 Å². The van der Waals surface area contributed by atoms with Gasteiger partial charge in [-0.15, -0.1) is 0 Å². The topological polar surface area (TPSA) is 105 Å². The molecule has 1 amide bonds. The molecular weight excluding hydrogens is 456 g/mol. The summed E-state index contributed by atoms with van der Waals surface area (Å²) >= 11 is 0. The van der Waals surface area contributed by atoms with Crippen molar-refractivity contribution in [1.29, 1.82) is 0 Å². The molecule has 1 saturated heterocycles. The molecule has 6 rings (SSSR count). The molecule has 2 aliphatic heterocycles. The van der Waals surface area contributed by atoms with Crippen LogP contribution >= 0.6 is 0 Å². The SMILES string of the molecule is O=C(NC1CCOCC1)c1cnn2ccc(C3=CCNc4nc(NC5CC(F)(F)C5)ncc43)cc12. The first-order chi connectivity index (χ1) is 16.9. The number of alkyl halides is 2. The van der Waals surface area contributed by atoms with Gasteiger partial charge in [0.15, 0.2) is 0 Å². The van der Waals surface area contributed by atoms with Crippen molar-refractivity contribution >= 4 is 28.8 Å². The van der Waals surface area contributed by atoms with Crippen LogP contribution in [-0.2, 0) is 4.74 Å². The lowest BCUT2D eigenvalue weighted by Crippen LogP contribution is -2.44. The summed E-state index contributed by atoms with van der Waals surface area (Å²) in [6.45, 7) is 1.86. The van der Waals surface area contributed by atoms with Gasteiger partial charge < -0.3 is 20.7 Å². The molecule has 0 bridgehead atoms. The van der Waals surface area contributed by atoms with E-state index >= 15 is 0 Å². The first kappa shape index (κ1) is 21.9. The van der Waals surface area contributed by atoms with Crippen molar-refractivity contribution in [2.75, 3.05) is 30.4 Å². The molecule has 0 aromatic carbocycles. The number of fused-ring (bicyclic) bond motifs is 2. The summed E-state index contributed by atoms with van der Waals surface area (Å²) in [5.74, 6) is -1.79. The summed E-state index contributed by atoms with van der Waals surface area (Å²) in [6.07, 6.45) is 8.33. The number of rotatable bonds is 5. The van der Waals surface area contributed by atoms with Crippen LogP contribution < -0.4 is 16.0 Å². The fourth-order valence-corrected chi connectivity index (χ4v) is 4.79. The van der Waals surface area contributed by atoms with E-state index in [1.165, 1.54) is 0 Å². The molecule has 182 valence electrons. The van der Waals surface area contributed by atoms with Gasteiger partial charge in [-0.1, -0.05) is 6.08 Å². The zero-order valence-corrected chi connectivity index (χ0v) is 18.9. The number of hydrogen-bond acceptors (Lipinski definition) is 7. The van der Waals surface area contributed by atoms with Crippen molar-refractivity contribution in [3.8, 4) is 0 Å². The smallest absolute Gasteiger partial charge is 0.255 e. The second-order valence-electron chi connectivity index (χ2n) is 9.22. The maximum atomic E-state index is 13.1. The Morgan fingerprint density at radius 2 is 2.03 bits per heavy atom. The molecule has 0 atom stereocenters. The van der Waals surface area contributed by atoms with E-state index in [1.54, 1.807) is 16.9 Å². The van der Waals surface area contributed by atoms with Gasteiger partial charge in [0, 0.05) is 62.6 Å². The molecule has 5 heterocycles. The van der Waals surface area contributed by atoms with Gasteiger partial charge >= 0.3 is 0 Å². The van der Waals surface area contributed by atoms with Crippen LogP contribution in [0.4, 0.5) is 20.5 Å². The quantitative estimate of drug-likeness (QED) is 0.514. The molecule has 0 unspecified atom stereocenters. The molecule has 35 heavy (non-hydrogen) atoms. The largest absolute Gasteiger partial charge is 0.381 e. The Balaban J connectivity index is 1.25. The first-order valence-corrected chi connectivity index (χ1v) is 11.8. The Kier molecular flexibility index (Phi) is 5.36. The van der Waals surface area contributed by atoms with Gasteiger partial charge in [-0.3, -0.25) is 4.79 Å². The minimum atomic E-state index is -2.60. The van der Waals surface area contributed by atoms with Crippen LogP contribution in [-0.4, -0.2) is 63.3 Å². The zero-order chi connectivity index (χ0) is 24.0. The van der Waals surface area contributed by atoms with Gasteiger partial charge in [-0.2, -0.15) is 10.1 Å². The zero-order valence-electron chi connectivity index (χ0n) is 18.9. The Morgan fingerprint density at radius 1 is 1.20 bits per heavy atom. The van der Waals surface area contributed by atoms with Crippen LogP contribution in [0.1, 0.15) is 47.2 Å². The van der Waals surface area contributed by atoms with Crippen LogP contribution in [0.25, 0.3) is 11.1 Å². The molecule has 3 aliphatic rings. The molecule has 2 fully saturated rings. The van der Waals surface area contributed by atoms with Gasteiger partial charge in [-0.25, -0.2) is 18.3 Å². The number of pyridine rings is 1. The Bertz CT molecular complexity index is 1310. The van der Waals surface area contributed by atoms with Gasteiger partial charge in [0.2, 0.25) is 5.95 Å². The minimum Gasteiger partial charge on any atom is -0.381 e. The summed E-state index contributed by atoms with van der Waals surface area (Å²) in [5.41, 5.74) is 3.86. The lowest BCUT2D eigenvalue weighted by molar-refractivity contribution is -0.0794. The van der Waals surface area contributed by atoms with Crippen molar-refractivity contribution < 1.29 is 18.3 Å². The highest BCUT2D eigenvalue weighted by Crippen LogP contribution is 2.39. The molecule has 0 radical (unpaired) electrons. The van der Waals surface area contributed by atoms with E-state index in [9.17, 15) is 13.6 Å². The maximum absolute atomic E-state index is 13.1. The van der Waals surface area contributed by atoms with Crippen LogP contribution in [0.5, 0.6) is 0 Å². The molecular formula is C24H25F2N7O2. The number of amides is 1. The highest BCUT2D eigenvalue weighted by molar-refractivity contribution is 6.01. The maximum Gasteiger partial charge on any atom is 0.255 e. The van der Waals surface area contributed by atoms with E-state index in [-0.39, 0.29) is 30.8 Å². The molecule has 11 heteroatoms. The molecule has 9 nitrogen and oxygen atoms in total. The Labute approximate surface area is 200 Å². The first-order valence-electron chi connectivity index (χ1n) is 11.8. The van der Waals surface area contributed by atoms with Gasteiger partial charge in [0.25, 0.3) is 11.8 Å². The molecule has 3 aromatic rings. The lowest BCUT2D eigenvalue weighted by atomic mass is 9.88. The Hall–Kier alpha value is -3.60. The van der Waals surface area contributed by atoms with Crippen LogP contribution in [0.3, 0.4) is 0 Å². The summed E-state index contributed by atoms with van der Waals surface area (Å²) in [6, 6.07) is 3.65. The predicted molar refractivity (Wildman–Crippen MR) is 126 cm³/mol. The van der Waals surface area contributed by atoms with E-state index in [4.69, 9.17) is 4.74 Å². The molecule has 3 N–H and O–H groups in total. The third kappa shape index (κ3) is 4.31. The second kappa shape index (κ2) is 8.56. The number of carbonyl (C=O) groups is 1. The standard InChI is InChI=1S/C24H25F2N7O2/c25-24(26)10-16(11-24)31-23-28-12-18-17(1-5-27-21(18)32-23)14-2-6-33-20(9-14)19(13-29-33)22(34)30-15-3-7-35-8-4-15/h1-2,6,9,12-13,15-16H,3-5,7-8,10-11H2,(H,30,34)(H2,27,28,31,32). The van der Waals surface area contributed by atoms with Crippen molar-refractivity contribution in [2.45, 2.75) is 43.7 Å². The van der Waals surface area contributed by atoms with E-state index < -0.39 is 5.92 Å². The van der Waals surface area contributed by atoms with E-state index in [0.717, 1.165) is 29.5 Å². The third-order valence-electron chi connectivity index (χ3n) is 6.71. The molecule has 1 aliphatic carbocycles. The van der Waals surface area contributed by atoms with Crippen molar-refractivity contribution in [2.24, 2.45) is 0 Å². The van der Waals surface area contributed by atoms with Crippen molar-refractivity contribution in [3.05, 3.63) is 53.5 Å². The normalized spacial score (nSPS) is 19.9. The fourth-order valence-electron chi connectivity index (χ4n) is 4.79. The number of halogens is 2. The predicted octanol–water partition coefficient (Wildman–Crippen LogP) is 3.10. The average molecular weight is 482 g/mol. The lowest BCUT2D eigenvalue weighted by Gasteiger charge is -2.35. The summed E-state index contributed by atoms with van der Waals surface area (Å²) in [7, 11) is 0. The molecule has 1 saturated carbocycles. The van der Waals surface area contributed by atoms with Crippen LogP contribution in [0.15, 0.2) is 36.8 Å². The van der Waals surface area contributed by atoms with Crippen molar-refractivity contribution in [1.82, 2.24) is 24.9 Å². The fraction of sp³-hybridized carbons (Fsp3) is 0.417. The second-order valence-corrected chi connectivity index (χ2v) is 9.22. The van der Waals surface area contributed by atoms with E-state index in [2.05, 4.69) is 31.0 Å². The number of anilines is 2. The van der Waals surface area contributed by atoms with E-state index in [1.807, 2.05) is 24.4 Å². The number of nitrogens with zero attached hydrogens (tertiary/aromatic N) is 4. The number of nitrogens with one attached hydrogen (secondary N) is 3. The number of hydrogen-bond donors (Lipinski definition) is 3. The van der Waals surface area contributed by atoms with Gasteiger partial charge in [0.05, 0.1) is 17.3 Å². The number of ether oxygens (including phenoxy) is 1. The number of aromatic nitrogens is 4. The van der Waals surface area contributed by atoms with Gasteiger partial charge in [-0.05, 0) is 36.1 Å². The summed E-state index contributed by atoms with van der Waals surface area (Å²) in [4.78, 5) is 21.8. The third-order valence-corrected chi connectivity index (χ3v) is 6.71. The highest BCUT2D eigenvalue weighted by atomic mass is 19.3. The monoisotopic (exact) mass is 481 g/mol. The Morgan fingerprint density at radius 3 is 2.83 bits per heavy atom. The minimum absolute atomic E-state index is 0.0968. The summed E-state index contributed by atoms with van der Waals surface area (Å²) in [5, 5.41) is 13.6.